The number of fused-ring (bicyclic) bond motifs is 1. The molecule has 5 heterocycles. The van der Waals surface area contributed by atoms with Gasteiger partial charge < -0.3 is 19.8 Å². The van der Waals surface area contributed by atoms with Crippen molar-refractivity contribution >= 4 is 11.5 Å². The second kappa shape index (κ2) is 6.98. The van der Waals surface area contributed by atoms with Gasteiger partial charge in [0.25, 0.3) is 0 Å². The first-order valence-corrected chi connectivity index (χ1v) is 9.76. The van der Waals surface area contributed by atoms with E-state index >= 15 is 0 Å². The van der Waals surface area contributed by atoms with Crippen molar-refractivity contribution < 1.29 is 9.15 Å². The number of anilines is 1. The molecule has 0 radical (unpaired) electrons. The first kappa shape index (κ1) is 16.8. The lowest BCUT2D eigenvalue weighted by molar-refractivity contribution is 0.149. The molecule has 2 N–H and O–H groups in total. The molecule has 7 nitrogen and oxygen atoms in total. The molecule has 7 heteroatoms. The van der Waals surface area contributed by atoms with Gasteiger partial charge in [-0.2, -0.15) is 9.61 Å². The van der Waals surface area contributed by atoms with E-state index in [4.69, 9.17) is 19.9 Å². The summed E-state index contributed by atoms with van der Waals surface area (Å²) in [5, 5.41) is 4.54. The van der Waals surface area contributed by atoms with E-state index in [1.165, 1.54) is 19.4 Å². The SMILES string of the molecule is Nc1cc([C@H]2CCCN(C[C@@H]3CCOC3)C2)nc2cc(-c3ccco3)nn12. The van der Waals surface area contributed by atoms with Crippen molar-refractivity contribution in [2.24, 2.45) is 5.92 Å². The molecule has 0 saturated carbocycles. The zero-order valence-electron chi connectivity index (χ0n) is 15.4. The molecule has 2 aliphatic rings. The highest BCUT2D eigenvalue weighted by Crippen LogP contribution is 2.29. The fourth-order valence-corrected chi connectivity index (χ4v) is 4.33. The molecule has 0 aromatic carbocycles. The highest BCUT2D eigenvalue weighted by Gasteiger charge is 2.26. The molecule has 2 saturated heterocycles. The van der Waals surface area contributed by atoms with E-state index in [1.807, 2.05) is 24.3 Å². The molecular weight excluding hydrogens is 342 g/mol. The van der Waals surface area contributed by atoms with Crippen LogP contribution in [-0.2, 0) is 4.74 Å². The normalized spacial score (nSPS) is 24.0. The number of hydrogen-bond acceptors (Lipinski definition) is 6. The molecule has 3 aromatic rings. The number of likely N-dealkylation sites (tertiary alicyclic amines) is 1. The molecule has 2 atom stereocenters. The van der Waals surface area contributed by atoms with Crippen molar-refractivity contribution in [3.05, 3.63) is 36.2 Å². The van der Waals surface area contributed by atoms with Gasteiger partial charge in [-0.25, -0.2) is 4.98 Å². The van der Waals surface area contributed by atoms with Gasteiger partial charge in [0.2, 0.25) is 0 Å². The summed E-state index contributed by atoms with van der Waals surface area (Å²) >= 11 is 0. The molecule has 0 unspecified atom stereocenters. The van der Waals surface area contributed by atoms with E-state index in [9.17, 15) is 0 Å². The smallest absolute Gasteiger partial charge is 0.158 e. The third-order valence-corrected chi connectivity index (χ3v) is 5.71. The second-order valence-corrected chi connectivity index (χ2v) is 7.71. The Hall–Kier alpha value is -2.38. The van der Waals surface area contributed by atoms with Gasteiger partial charge in [-0.1, -0.05) is 0 Å². The van der Waals surface area contributed by atoms with Gasteiger partial charge in [0, 0.05) is 37.7 Å². The maximum absolute atomic E-state index is 6.30. The average molecular weight is 367 g/mol. The quantitative estimate of drug-likeness (QED) is 0.764. The van der Waals surface area contributed by atoms with Gasteiger partial charge in [0.1, 0.15) is 11.5 Å². The van der Waals surface area contributed by atoms with Crippen LogP contribution in [0.5, 0.6) is 0 Å². The average Bonchev–Trinajstić information content (AvgIpc) is 3.43. The van der Waals surface area contributed by atoms with E-state index in [0.717, 1.165) is 55.5 Å². The molecule has 2 aliphatic heterocycles. The number of piperidine rings is 1. The largest absolute Gasteiger partial charge is 0.463 e. The monoisotopic (exact) mass is 367 g/mol. The predicted octanol–water partition coefficient (Wildman–Crippen LogP) is 2.79. The standard InChI is InChI=1S/C20H25N5O2/c21-19-9-16(15-3-1-6-24(12-15)11-14-5-8-26-13-14)22-20-10-17(23-25(19)20)18-4-2-7-27-18/h2,4,7,9-10,14-15H,1,3,5-6,8,11-13,21H2/t14-,15-/m0/s1. The van der Waals surface area contributed by atoms with Crippen molar-refractivity contribution in [3.63, 3.8) is 0 Å². The zero-order chi connectivity index (χ0) is 18.2. The van der Waals surface area contributed by atoms with Gasteiger partial charge in [0.15, 0.2) is 11.4 Å². The number of nitrogens with two attached hydrogens (primary N) is 1. The van der Waals surface area contributed by atoms with Crippen LogP contribution in [0.1, 0.15) is 30.9 Å². The Balaban J connectivity index is 1.38. The van der Waals surface area contributed by atoms with E-state index in [2.05, 4.69) is 10.00 Å². The number of furan rings is 1. The summed E-state index contributed by atoms with van der Waals surface area (Å²) in [7, 11) is 0. The number of nitrogen functional groups attached to an aromatic ring is 1. The Bertz CT molecular complexity index is 914. The highest BCUT2D eigenvalue weighted by molar-refractivity contribution is 5.61. The van der Waals surface area contributed by atoms with Crippen molar-refractivity contribution in [1.29, 1.82) is 0 Å². The van der Waals surface area contributed by atoms with Crippen molar-refractivity contribution in [2.45, 2.75) is 25.2 Å². The highest BCUT2D eigenvalue weighted by atomic mass is 16.5. The van der Waals surface area contributed by atoms with Crippen LogP contribution in [0.25, 0.3) is 17.1 Å². The van der Waals surface area contributed by atoms with Gasteiger partial charge in [-0.3, -0.25) is 0 Å². The van der Waals surface area contributed by atoms with Crippen molar-refractivity contribution in [3.8, 4) is 11.5 Å². The number of nitrogens with zero attached hydrogens (tertiary/aromatic N) is 4. The Labute approximate surface area is 158 Å². The minimum absolute atomic E-state index is 0.412. The number of ether oxygens (including phenoxy) is 1. The third-order valence-electron chi connectivity index (χ3n) is 5.71. The topological polar surface area (TPSA) is 81.8 Å². The van der Waals surface area contributed by atoms with Crippen molar-refractivity contribution in [1.82, 2.24) is 19.5 Å². The minimum atomic E-state index is 0.412. The lowest BCUT2D eigenvalue weighted by Gasteiger charge is -2.33. The summed E-state index contributed by atoms with van der Waals surface area (Å²) in [5.74, 6) is 2.43. The maximum Gasteiger partial charge on any atom is 0.158 e. The maximum atomic E-state index is 6.30. The molecule has 0 amide bonds. The molecule has 0 aliphatic carbocycles. The third kappa shape index (κ3) is 3.33. The van der Waals surface area contributed by atoms with E-state index in [-0.39, 0.29) is 0 Å². The predicted molar refractivity (Wildman–Crippen MR) is 102 cm³/mol. The second-order valence-electron chi connectivity index (χ2n) is 7.71. The first-order chi connectivity index (χ1) is 13.3. The van der Waals surface area contributed by atoms with Crippen LogP contribution in [-0.4, -0.2) is 52.3 Å². The van der Waals surface area contributed by atoms with Crippen LogP contribution in [0.4, 0.5) is 5.82 Å². The van der Waals surface area contributed by atoms with Gasteiger partial charge >= 0.3 is 0 Å². The van der Waals surface area contributed by atoms with Crippen molar-refractivity contribution in [2.75, 3.05) is 38.6 Å². The Morgan fingerprint density at radius 3 is 3.04 bits per heavy atom. The van der Waals surface area contributed by atoms with Gasteiger partial charge in [0.05, 0.1) is 18.6 Å². The van der Waals surface area contributed by atoms with Crippen LogP contribution in [0, 0.1) is 5.92 Å². The molecule has 5 rings (SSSR count). The Kier molecular flexibility index (Phi) is 4.33. The van der Waals surface area contributed by atoms with Crippen LogP contribution in [0.3, 0.4) is 0 Å². The van der Waals surface area contributed by atoms with Gasteiger partial charge in [-0.05, 0) is 43.9 Å². The van der Waals surface area contributed by atoms with Crippen LogP contribution >= 0.6 is 0 Å². The molecule has 2 fully saturated rings. The first-order valence-electron chi connectivity index (χ1n) is 9.76. The lowest BCUT2D eigenvalue weighted by atomic mass is 9.93. The summed E-state index contributed by atoms with van der Waals surface area (Å²) in [5.41, 5.74) is 8.89. The number of hydrogen-bond donors (Lipinski definition) is 1. The summed E-state index contributed by atoms with van der Waals surface area (Å²) < 4.78 is 12.7. The number of rotatable bonds is 4. The Morgan fingerprint density at radius 1 is 1.26 bits per heavy atom. The van der Waals surface area contributed by atoms with Crippen LogP contribution in [0.15, 0.2) is 34.9 Å². The molecule has 142 valence electrons. The Morgan fingerprint density at radius 2 is 2.22 bits per heavy atom. The molecule has 3 aromatic heterocycles. The molecule has 0 spiro atoms. The fraction of sp³-hybridized carbons (Fsp3) is 0.500. The van der Waals surface area contributed by atoms with E-state index in [1.54, 1.807) is 10.8 Å². The molecule has 27 heavy (non-hydrogen) atoms. The van der Waals surface area contributed by atoms with Gasteiger partial charge in [-0.15, -0.1) is 0 Å². The van der Waals surface area contributed by atoms with Crippen LogP contribution in [0.2, 0.25) is 0 Å². The van der Waals surface area contributed by atoms with Crippen LogP contribution < -0.4 is 5.73 Å². The summed E-state index contributed by atoms with van der Waals surface area (Å²) in [6, 6.07) is 7.67. The van der Waals surface area contributed by atoms with E-state index < -0.39 is 0 Å². The summed E-state index contributed by atoms with van der Waals surface area (Å²) in [4.78, 5) is 7.45. The summed E-state index contributed by atoms with van der Waals surface area (Å²) in [6.45, 7) is 5.15. The fourth-order valence-electron chi connectivity index (χ4n) is 4.33. The summed E-state index contributed by atoms with van der Waals surface area (Å²) in [6.07, 6.45) is 5.18. The van der Waals surface area contributed by atoms with E-state index in [0.29, 0.717) is 17.7 Å². The zero-order valence-corrected chi connectivity index (χ0v) is 15.4. The minimum Gasteiger partial charge on any atom is -0.463 e. The number of aromatic nitrogens is 3. The lowest BCUT2D eigenvalue weighted by Crippen LogP contribution is -2.38. The molecular formula is C20H25N5O2. The molecule has 0 bridgehead atoms.